The lowest BCUT2D eigenvalue weighted by Crippen LogP contribution is -2.34. The van der Waals surface area contributed by atoms with Crippen LogP contribution < -0.4 is 0 Å². The fraction of sp³-hybridized carbons (Fsp3) is 1.00. The van der Waals surface area contributed by atoms with E-state index >= 15 is 0 Å². The van der Waals surface area contributed by atoms with Gasteiger partial charge in [-0.25, -0.2) is 8.42 Å². The smallest absolute Gasteiger partial charge is 0.155 e. The summed E-state index contributed by atoms with van der Waals surface area (Å²) in [6.07, 6.45) is 4.03. The van der Waals surface area contributed by atoms with E-state index in [2.05, 4.69) is 13.8 Å². The predicted octanol–water partition coefficient (Wildman–Crippen LogP) is 4.27. The highest BCUT2D eigenvalue weighted by molar-refractivity contribution is 7.92. The summed E-state index contributed by atoms with van der Waals surface area (Å²) < 4.78 is 23.7. The Labute approximate surface area is 124 Å². The van der Waals surface area contributed by atoms with Crippen molar-refractivity contribution >= 4 is 21.4 Å². The molecule has 4 heteroatoms. The largest absolute Gasteiger partial charge is 0.228 e. The zero-order valence-corrected chi connectivity index (χ0v) is 14.5. The molecule has 0 aliphatic heterocycles. The molecule has 1 saturated carbocycles. The number of halogens is 1. The maximum Gasteiger partial charge on any atom is 0.155 e. The van der Waals surface area contributed by atoms with Crippen LogP contribution in [0.25, 0.3) is 0 Å². The van der Waals surface area contributed by atoms with Crippen LogP contribution in [0.2, 0.25) is 0 Å². The standard InChI is InChI=1S/C15H29ClO2S/c1-11(2)12-6-7-14(16)13(10-12)8-9-19(17,18)15(3,4)5/h11-14H,6-10H2,1-5H3. The summed E-state index contributed by atoms with van der Waals surface area (Å²) in [4.78, 5) is 0. The molecule has 1 rings (SSSR count). The lowest BCUT2D eigenvalue weighted by Gasteiger charge is -2.35. The molecule has 1 aliphatic rings. The van der Waals surface area contributed by atoms with Crippen molar-refractivity contribution in [2.75, 3.05) is 5.75 Å². The molecule has 0 aromatic rings. The number of alkyl halides is 1. The topological polar surface area (TPSA) is 34.1 Å². The second-order valence-electron chi connectivity index (χ2n) is 7.31. The van der Waals surface area contributed by atoms with Gasteiger partial charge in [-0.15, -0.1) is 11.6 Å². The van der Waals surface area contributed by atoms with E-state index in [1.54, 1.807) is 20.8 Å². The van der Waals surface area contributed by atoms with Crippen LogP contribution in [0, 0.1) is 17.8 Å². The average molecular weight is 309 g/mol. The van der Waals surface area contributed by atoms with Crippen LogP contribution in [0.1, 0.15) is 60.3 Å². The molecule has 3 unspecified atom stereocenters. The molecule has 0 aromatic carbocycles. The fourth-order valence-electron chi connectivity index (χ4n) is 2.78. The van der Waals surface area contributed by atoms with Gasteiger partial charge in [-0.05, 0) is 64.2 Å². The maximum atomic E-state index is 12.2. The first-order chi connectivity index (χ1) is 8.54. The van der Waals surface area contributed by atoms with Crippen molar-refractivity contribution in [3.63, 3.8) is 0 Å². The quantitative estimate of drug-likeness (QED) is 0.727. The molecule has 0 spiro atoms. The monoisotopic (exact) mass is 308 g/mol. The summed E-state index contributed by atoms with van der Waals surface area (Å²) in [6, 6.07) is 0. The van der Waals surface area contributed by atoms with E-state index in [0.29, 0.717) is 17.8 Å². The van der Waals surface area contributed by atoms with Crippen molar-refractivity contribution in [2.24, 2.45) is 17.8 Å². The molecule has 114 valence electrons. The first-order valence-corrected chi connectivity index (χ1v) is 9.50. The van der Waals surface area contributed by atoms with Crippen LogP contribution in [-0.4, -0.2) is 24.3 Å². The highest BCUT2D eigenvalue weighted by Gasteiger charge is 2.34. The Morgan fingerprint density at radius 3 is 2.26 bits per heavy atom. The Morgan fingerprint density at radius 1 is 1.21 bits per heavy atom. The van der Waals surface area contributed by atoms with Gasteiger partial charge in [-0.1, -0.05) is 13.8 Å². The van der Waals surface area contributed by atoms with Gasteiger partial charge in [-0.2, -0.15) is 0 Å². The molecular weight excluding hydrogens is 280 g/mol. The Kier molecular flexibility index (Phi) is 5.77. The van der Waals surface area contributed by atoms with Gasteiger partial charge >= 0.3 is 0 Å². The summed E-state index contributed by atoms with van der Waals surface area (Å²) >= 11 is 6.40. The van der Waals surface area contributed by atoms with Crippen molar-refractivity contribution < 1.29 is 8.42 Å². The van der Waals surface area contributed by atoms with Crippen molar-refractivity contribution in [3.8, 4) is 0 Å². The maximum absolute atomic E-state index is 12.2. The molecule has 1 aliphatic carbocycles. The van der Waals surface area contributed by atoms with E-state index in [4.69, 9.17) is 11.6 Å². The minimum absolute atomic E-state index is 0.158. The molecule has 0 heterocycles. The van der Waals surface area contributed by atoms with Crippen molar-refractivity contribution in [1.82, 2.24) is 0 Å². The zero-order chi connectivity index (χ0) is 14.8. The molecule has 3 atom stereocenters. The lowest BCUT2D eigenvalue weighted by atomic mass is 9.75. The third-order valence-corrected chi connectivity index (χ3v) is 7.78. The Hall–Kier alpha value is 0.240. The molecule has 0 bridgehead atoms. The molecular formula is C15H29ClO2S. The first-order valence-electron chi connectivity index (χ1n) is 7.41. The van der Waals surface area contributed by atoms with Crippen LogP contribution in [0.4, 0.5) is 0 Å². The number of rotatable bonds is 4. The van der Waals surface area contributed by atoms with E-state index < -0.39 is 14.6 Å². The zero-order valence-electron chi connectivity index (χ0n) is 12.9. The van der Waals surface area contributed by atoms with Gasteiger partial charge < -0.3 is 0 Å². The van der Waals surface area contributed by atoms with Gasteiger partial charge in [0.2, 0.25) is 0 Å². The predicted molar refractivity (Wildman–Crippen MR) is 83.5 cm³/mol. The van der Waals surface area contributed by atoms with E-state index in [9.17, 15) is 8.42 Å². The summed E-state index contributed by atoms with van der Waals surface area (Å²) in [5.74, 6) is 2.01. The van der Waals surface area contributed by atoms with Gasteiger partial charge in [0.05, 0.1) is 10.5 Å². The molecule has 0 amide bonds. The third kappa shape index (κ3) is 4.63. The highest BCUT2D eigenvalue weighted by atomic mass is 35.5. The van der Waals surface area contributed by atoms with Gasteiger partial charge in [0, 0.05) is 5.38 Å². The van der Waals surface area contributed by atoms with Crippen LogP contribution >= 0.6 is 11.6 Å². The Bertz CT molecular complexity index is 381. The lowest BCUT2D eigenvalue weighted by molar-refractivity contribution is 0.215. The second kappa shape index (κ2) is 6.34. The normalized spacial score (nSPS) is 29.7. The van der Waals surface area contributed by atoms with Gasteiger partial charge in [0.15, 0.2) is 9.84 Å². The molecule has 0 radical (unpaired) electrons. The third-order valence-electron chi connectivity index (χ3n) is 4.56. The SMILES string of the molecule is CC(C)C1CCC(Cl)C(CCS(=O)(=O)C(C)(C)C)C1. The van der Waals surface area contributed by atoms with E-state index in [0.717, 1.165) is 19.3 Å². The summed E-state index contributed by atoms with van der Waals surface area (Å²) in [6.45, 7) is 9.83. The minimum Gasteiger partial charge on any atom is -0.228 e. The molecule has 1 fully saturated rings. The van der Waals surface area contributed by atoms with Crippen LogP contribution in [0.15, 0.2) is 0 Å². The fourth-order valence-corrected chi connectivity index (χ4v) is 4.36. The average Bonchev–Trinajstić information content (AvgIpc) is 2.26. The summed E-state index contributed by atoms with van der Waals surface area (Å²) in [7, 11) is -3.02. The second-order valence-corrected chi connectivity index (χ2v) is 10.7. The molecule has 2 nitrogen and oxygen atoms in total. The van der Waals surface area contributed by atoms with Crippen LogP contribution in [0.5, 0.6) is 0 Å². The minimum atomic E-state index is -3.02. The summed E-state index contributed by atoms with van der Waals surface area (Å²) in [5, 5.41) is 0.158. The molecule has 0 aromatic heterocycles. The molecule has 19 heavy (non-hydrogen) atoms. The summed E-state index contributed by atoms with van der Waals surface area (Å²) in [5.41, 5.74) is 0. The van der Waals surface area contributed by atoms with Crippen molar-refractivity contribution in [2.45, 2.75) is 70.4 Å². The molecule has 0 saturated heterocycles. The molecule has 0 N–H and O–H groups in total. The van der Waals surface area contributed by atoms with E-state index in [1.165, 1.54) is 6.42 Å². The van der Waals surface area contributed by atoms with Crippen molar-refractivity contribution in [1.29, 1.82) is 0 Å². The number of hydrogen-bond acceptors (Lipinski definition) is 2. The highest BCUT2D eigenvalue weighted by Crippen LogP contribution is 2.38. The number of sulfone groups is 1. The first kappa shape index (κ1) is 17.3. The van der Waals surface area contributed by atoms with E-state index in [-0.39, 0.29) is 11.1 Å². The Balaban J connectivity index is 2.61. The van der Waals surface area contributed by atoms with E-state index in [1.807, 2.05) is 0 Å². The van der Waals surface area contributed by atoms with Crippen LogP contribution in [-0.2, 0) is 9.84 Å². The van der Waals surface area contributed by atoms with Gasteiger partial charge in [-0.3, -0.25) is 0 Å². The van der Waals surface area contributed by atoms with Crippen LogP contribution in [0.3, 0.4) is 0 Å². The van der Waals surface area contributed by atoms with Crippen molar-refractivity contribution in [3.05, 3.63) is 0 Å². The Morgan fingerprint density at radius 2 is 1.79 bits per heavy atom. The van der Waals surface area contributed by atoms with Gasteiger partial charge in [0.25, 0.3) is 0 Å². The van der Waals surface area contributed by atoms with Gasteiger partial charge in [0.1, 0.15) is 0 Å². The number of hydrogen-bond donors (Lipinski definition) is 0.